The molecule has 138 valence electrons. The topological polar surface area (TPSA) is 53.9 Å². The number of hydrogen-bond donors (Lipinski definition) is 1. The van der Waals surface area contributed by atoms with Crippen LogP contribution in [0.5, 0.6) is 0 Å². The molecule has 0 radical (unpaired) electrons. The lowest BCUT2D eigenvalue weighted by Gasteiger charge is -2.24. The lowest BCUT2D eigenvalue weighted by molar-refractivity contribution is 0.932. The zero-order valence-electron chi connectivity index (χ0n) is 15.4. The van der Waals surface area contributed by atoms with Crippen molar-refractivity contribution in [3.63, 3.8) is 0 Å². The van der Waals surface area contributed by atoms with Crippen LogP contribution in [-0.4, -0.2) is 15.0 Å². The first-order valence-electron chi connectivity index (χ1n) is 9.21. The van der Waals surface area contributed by atoms with Gasteiger partial charge in [-0.15, -0.1) is 0 Å². The maximum Gasteiger partial charge on any atom is 0.224 e. The van der Waals surface area contributed by atoms with Crippen LogP contribution >= 0.6 is 0 Å². The highest BCUT2D eigenvalue weighted by atomic mass is 15.2. The Kier molecular flexibility index (Phi) is 5.54. The monoisotopic (exact) mass is 367 g/mol. The van der Waals surface area contributed by atoms with E-state index in [2.05, 4.69) is 56.6 Å². The fourth-order valence-corrected chi connectivity index (χ4v) is 2.95. The third kappa shape index (κ3) is 4.51. The van der Waals surface area contributed by atoms with E-state index < -0.39 is 0 Å². The summed E-state index contributed by atoms with van der Waals surface area (Å²) in [5.74, 6) is 1.44. The quantitative estimate of drug-likeness (QED) is 0.507. The van der Waals surface area contributed by atoms with Crippen LogP contribution in [0.1, 0.15) is 11.1 Å². The van der Waals surface area contributed by atoms with E-state index in [-0.39, 0.29) is 0 Å². The molecule has 0 atom stereocenters. The minimum Gasteiger partial charge on any atom is -0.350 e. The molecule has 0 fully saturated rings. The van der Waals surface area contributed by atoms with Gasteiger partial charge in [0.1, 0.15) is 5.82 Å². The van der Waals surface area contributed by atoms with Crippen molar-refractivity contribution < 1.29 is 0 Å². The zero-order chi connectivity index (χ0) is 19.0. The summed E-state index contributed by atoms with van der Waals surface area (Å²) in [6.45, 7) is 1.35. The van der Waals surface area contributed by atoms with Gasteiger partial charge >= 0.3 is 0 Å². The molecular weight excluding hydrogens is 346 g/mol. The Morgan fingerprint density at radius 1 is 0.750 bits per heavy atom. The van der Waals surface area contributed by atoms with Crippen LogP contribution in [-0.2, 0) is 13.1 Å². The molecule has 0 saturated carbocycles. The van der Waals surface area contributed by atoms with Crippen LogP contribution in [0.15, 0.2) is 97.5 Å². The fourth-order valence-electron chi connectivity index (χ4n) is 2.95. The Morgan fingerprint density at radius 3 is 2.25 bits per heavy atom. The van der Waals surface area contributed by atoms with Crippen molar-refractivity contribution in [2.75, 3.05) is 10.2 Å². The highest BCUT2D eigenvalue weighted by molar-refractivity contribution is 5.60. The molecule has 28 heavy (non-hydrogen) atoms. The average Bonchev–Trinajstić information content (AvgIpc) is 2.78. The third-order valence-corrected chi connectivity index (χ3v) is 4.34. The zero-order valence-corrected chi connectivity index (χ0v) is 15.4. The summed E-state index contributed by atoms with van der Waals surface area (Å²) < 4.78 is 0. The van der Waals surface area contributed by atoms with Crippen LogP contribution in [0.2, 0.25) is 0 Å². The van der Waals surface area contributed by atoms with Gasteiger partial charge in [-0.25, -0.2) is 4.98 Å². The summed E-state index contributed by atoms with van der Waals surface area (Å²) in [4.78, 5) is 15.4. The van der Waals surface area contributed by atoms with E-state index >= 15 is 0 Å². The van der Waals surface area contributed by atoms with Gasteiger partial charge in [0.05, 0.1) is 0 Å². The number of aromatic nitrogens is 3. The second-order valence-electron chi connectivity index (χ2n) is 6.36. The van der Waals surface area contributed by atoms with Gasteiger partial charge in [0.15, 0.2) is 0 Å². The minimum atomic E-state index is 0.593. The first kappa shape index (κ1) is 17.7. The van der Waals surface area contributed by atoms with Gasteiger partial charge < -0.3 is 10.2 Å². The number of pyridine rings is 1. The van der Waals surface area contributed by atoms with E-state index in [1.807, 2.05) is 48.7 Å². The Balaban J connectivity index is 1.59. The van der Waals surface area contributed by atoms with Gasteiger partial charge in [-0.05, 0) is 35.4 Å². The van der Waals surface area contributed by atoms with Gasteiger partial charge in [-0.1, -0.05) is 54.6 Å². The highest BCUT2D eigenvalue weighted by Crippen LogP contribution is 2.26. The summed E-state index contributed by atoms with van der Waals surface area (Å²) in [5.41, 5.74) is 3.39. The summed E-state index contributed by atoms with van der Waals surface area (Å²) in [7, 11) is 0. The summed E-state index contributed by atoms with van der Waals surface area (Å²) >= 11 is 0. The molecule has 0 amide bonds. The predicted octanol–water partition coefficient (Wildman–Crippen LogP) is 4.82. The molecule has 2 aromatic carbocycles. The lowest BCUT2D eigenvalue weighted by atomic mass is 10.2. The Bertz CT molecular complexity index is 991. The number of rotatable bonds is 7. The molecule has 5 heteroatoms. The Hall–Kier alpha value is -3.73. The number of anilines is 3. The lowest BCUT2D eigenvalue weighted by Crippen LogP contribution is -2.18. The Morgan fingerprint density at radius 2 is 1.50 bits per heavy atom. The molecule has 4 aromatic rings. The largest absolute Gasteiger partial charge is 0.350 e. The van der Waals surface area contributed by atoms with Crippen molar-refractivity contribution in [3.05, 3.63) is 109 Å². The fraction of sp³-hybridized carbons (Fsp3) is 0.0870. The second-order valence-corrected chi connectivity index (χ2v) is 6.36. The number of benzene rings is 2. The van der Waals surface area contributed by atoms with Crippen LogP contribution < -0.4 is 10.2 Å². The van der Waals surface area contributed by atoms with Crippen LogP contribution in [0.3, 0.4) is 0 Å². The van der Waals surface area contributed by atoms with Gasteiger partial charge in [-0.3, -0.25) is 4.98 Å². The van der Waals surface area contributed by atoms with E-state index in [4.69, 9.17) is 4.98 Å². The average molecular weight is 367 g/mol. The van der Waals surface area contributed by atoms with E-state index in [9.17, 15) is 0 Å². The van der Waals surface area contributed by atoms with E-state index in [1.165, 1.54) is 5.56 Å². The van der Waals surface area contributed by atoms with Crippen molar-refractivity contribution in [1.29, 1.82) is 0 Å². The minimum absolute atomic E-state index is 0.593. The summed E-state index contributed by atoms with van der Waals surface area (Å²) in [5, 5.41) is 3.28. The first-order chi connectivity index (χ1) is 13.9. The molecule has 0 aliphatic carbocycles. The van der Waals surface area contributed by atoms with Gasteiger partial charge in [0.25, 0.3) is 0 Å². The maximum absolute atomic E-state index is 4.74. The standard InChI is InChI=1S/C23H21N5/c1-3-8-19(9-4-1)18-28(21-11-5-2-6-12-21)22-13-15-25-23(27-22)26-17-20-10-7-14-24-16-20/h1-16H,17-18H2,(H,25,26,27). The number of hydrogen-bond acceptors (Lipinski definition) is 5. The van der Waals surface area contributed by atoms with Crippen LogP contribution in [0, 0.1) is 0 Å². The molecule has 2 aromatic heterocycles. The molecule has 0 aliphatic heterocycles. The molecule has 2 heterocycles. The number of nitrogens with zero attached hydrogens (tertiary/aromatic N) is 4. The van der Waals surface area contributed by atoms with Gasteiger partial charge in [0, 0.05) is 37.4 Å². The molecular formula is C23H21N5. The van der Waals surface area contributed by atoms with Gasteiger partial charge in [-0.2, -0.15) is 4.98 Å². The number of nitrogens with one attached hydrogen (secondary N) is 1. The van der Waals surface area contributed by atoms with E-state index in [0.29, 0.717) is 12.5 Å². The molecule has 0 bridgehead atoms. The van der Waals surface area contributed by atoms with Crippen LogP contribution in [0.25, 0.3) is 0 Å². The summed E-state index contributed by atoms with van der Waals surface area (Å²) in [6.07, 6.45) is 5.39. The van der Waals surface area contributed by atoms with E-state index in [1.54, 1.807) is 12.4 Å². The maximum atomic E-state index is 4.74. The normalized spacial score (nSPS) is 10.4. The molecule has 0 spiro atoms. The van der Waals surface area contributed by atoms with Crippen molar-refractivity contribution in [1.82, 2.24) is 15.0 Å². The molecule has 0 saturated heterocycles. The molecule has 4 rings (SSSR count). The molecule has 5 nitrogen and oxygen atoms in total. The predicted molar refractivity (Wildman–Crippen MR) is 112 cm³/mol. The summed E-state index contributed by atoms with van der Waals surface area (Å²) in [6, 6.07) is 26.5. The highest BCUT2D eigenvalue weighted by Gasteiger charge is 2.12. The van der Waals surface area contributed by atoms with Crippen molar-refractivity contribution in [3.8, 4) is 0 Å². The van der Waals surface area contributed by atoms with Gasteiger partial charge in [0.2, 0.25) is 5.95 Å². The van der Waals surface area contributed by atoms with Crippen LogP contribution in [0.4, 0.5) is 17.5 Å². The first-order valence-corrected chi connectivity index (χ1v) is 9.21. The van der Waals surface area contributed by atoms with Crippen molar-refractivity contribution >= 4 is 17.5 Å². The van der Waals surface area contributed by atoms with Crippen molar-refractivity contribution in [2.45, 2.75) is 13.1 Å². The van der Waals surface area contributed by atoms with Crippen molar-refractivity contribution in [2.24, 2.45) is 0 Å². The van der Waals surface area contributed by atoms with E-state index in [0.717, 1.165) is 23.6 Å². The number of para-hydroxylation sites is 1. The molecule has 1 N–H and O–H groups in total. The second kappa shape index (κ2) is 8.77. The third-order valence-electron chi connectivity index (χ3n) is 4.34. The molecule has 0 aliphatic rings. The molecule has 0 unspecified atom stereocenters. The SMILES string of the molecule is c1ccc(CN(c2ccccc2)c2ccnc(NCc3cccnc3)n2)cc1. The Labute approximate surface area is 164 Å². The smallest absolute Gasteiger partial charge is 0.224 e.